The Labute approximate surface area is 126 Å². The van der Waals surface area contributed by atoms with Crippen molar-refractivity contribution in [2.45, 2.75) is 51.7 Å². The number of nitro benzene ring substituents is 1. The number of benzene rings is 1. The number of para-hydroxylation sites is 1. The van der Waals surface area contributed by atoms with E-state index in [4.69, 9.17) is 0 Å². The van der Waals surface area contributed by atoms with Crippen LogP contribution < -0.4 is 5.32 Å². The molecule has 0 radical (unpaired) electrons. The Hall–Kier alpha value is -1.46. The van der Waals surface area contributed by atoms with Gasteiger partial charge in [0.1, 0.15) is 0 Å². The van der Waals surface area contributed by atoms with Gasteiger partial charge in [-0.2, -0.15) is 0 Å². The van der Waals surface area contributed by atoms with Crippen molar-refractivity contribution in [1.82, 2.24) is 10.2 Å². The van der Waals surface area contributed by atoms with Gasteiger partial charge in [0.25, 0.3) is 5.69 Å². The first kappa shape index (κ1) is 15.9. The maximum Gasteiger partial charge on any atom is 0.274 e. The number of nitro groups is 1. The van der Waals surface area contributed by atoms with Gasteiger partial charge in [-0.05, 0) is 19.8 Å². The molecule has 116 valence electrons. The molecular weight excluding hydrogens is 266 g/mol. The summed E-state index contributed by atoms with van der Waals surface area (Å²) in [6.45, 7) is 8.35. The number of hydrogen-bond acceptors (Lipinski definition) is 4. The van der Waals surface area contributed by atoms with Crippen molar-refractivity contribution in [2.75, 3.05) is 13.1 Å². The number of piperazine rings is 1. The predicted octanol–water partition coefficient (Wildman–Crippen LogP) is 3.12. The van der Waals surface area contributed by atoms with E-state index in [2.05, 4.69) is 31.0 Å². The molecule has 21 heavy (non-hydrogen) atoms. The molecule has 5 nitrogen and oxygen atoms in total. The minimum Gasteiger partial charge on any atom is -0.311 e. The molecule has 0 bridgehead atoms. The fraction of sp³-hybridized carbons (Fsp3) is 0.625. The van der Waals surface area contributed by atoms with Crippen LogP contribution in [-0.2, 0) is 0 Å². The van der Waals surface area contributed by atoms with Crippen molar-refractivity contribution in [3.05, 3.63) is 39.9 Å². The lowest BCUT2D eigenvalue weighted by atomic mass is 9.98. The van der Waals surface area contributed by atoms with Crippen molar-refractivity contribution < 1.29 is 4.92 Å². The van der Waals surface area contributed by atoms with E-state index >= 15 is 0 Å². The molecule has 1 N–H and O–H groups in total. The van der Waals surface area contributed by atoms with Gasteiger partial charge in [0.15, 0.2) is 0 Å². The van der Waals surface area contributed by atoms with Gasteiger partial charge in [0.2, 0.25) is 0 Å². The summed E-state index contributed by atoms with van der Waals surface area (Å²) >= 11 is 0. The molecule has 1 saturated heterocycles. The van der Waals surface area contributed by atoms with Crippen molar-refractivity contribution >= 4 is 5.69 Å². The lowest BCUT2D eigenvalue weighted by Gasteiger charge is -2.43. The molecule has 1 aromatic carbocycles. The van der Waals surface area contributed by atoms with Crippen LogP contribution in [0.4, 0.5) is 5.69 Å². The second-order valence-corrected chi connectivity index (χ2v) is 5.76. The van der Waals surface area contributed by atoms with Crippen LogP contribution in [-0.4, -0.2) is 35.0 Å². The zero-order valence-electron chi connectivity index (χ0n) is 13.1. The van der Waals surface area contributed by atoms with Crippen LogP contribution in [0, 0.1) is 10.1 Å². The quantitative estimate of drug-likeness (QED) is 0.669. The van der Waals surface area contributed by atoms with Gasteiger partial charge in [0.05, 0.1) is 4.92 Å². The highest BCUT2D eigenvalue weighted by Gasteiger charge is 2.32. The molecule has 1 aromatic rings. The first-order valence-electron chi connectivity index (χ1n) is 7.80. The SMILES string of the molecule is CCC1CN(C(C)c2ccccc2[N+](=O)[O-])C(CC)CN1. The highest BCUT2D eigenvalue weighted by molar-refractivity contribution is 5.41. The Balaban J connectivity index is 2.28. The lowest BCUT2D eigenvalue weighted by Crippen LogP contribution is -2.56. The zero-order valence-corrected chi connectivity index (χ0v) is 13.1. The maximum absolute atomic E-state index is 11.3. The van der Waals surface area contributed by atoms with Gasteiger partial charge in [-0.3, -0.25) is 15.0 Å². The highest BCUT2D eigenvalue weighted by Crippen LogP contribution is 2.31. The molecule has 0 amide bonds. The molecule has 0 saturated carbocycles. The average Bonchev–Trinajstić information content (AvgIpc) is 2.53. The molecule has 3 unspecified atom stereocenters. The third kappa shape index (κ3) is 3.41. The Morgan fingerprint density at radius 3 is 2.71 bits per heavy atom. The van der Waals surface area contributed by atoms with E-state index in [0.717, 1.165) is 31.5 Å². The van der Waals surface area contributed by atoms with Crippen LogP contribution in [0.3, 0.4) is 0 Å². The topological polar surface area (TPSA) is 58.4 Å². The number of rotatable bonds is 5. The first-order chi connectivity index (χ1) is 10.1. The van der Waals surface area contributed by atoms with Gasteiger partial charge >= 0.3 is 0 Å². The maximum atomic E-state index is 11.3. The summed E-state index contributed by atoms with van der Waals surface area (Å²) in [5.74, 6) is 0. The van der Waals surface area contributed by atoms with Gasteiger partial charge < -0.3 is 5.32 Å². The third-order valence-electron chi connectivity index (χ3n) is 4.59. The number of hydrogen-bond donors (Lipinski definition) is 1. The summed E-state index contributed by atoms with van der Waals surface area (Å²) in [7, 11) is 0. The van der Waals surface area contributed by atoms with Crippen LogP contribution in [0.1, 0.15) is 45.2 Å². The largest absolute Gasteiger partial charge is 0.311 e. The van der Waals surface area contributed by atoms with Crippen LogP contribution >= 0.6 is 0 Å². The molecule has 0 aromatic heterocycles. The normalized spacial score (nSPS) is 24.7. The molecule has 1 fully saturated rings. The van der Waals surface area contributed by atoms with Gasteiger partial charge in [-0.25, -0.2) is 0 Å². The fourth-order valence-electron chi connectivity index (χ4n) is 3.20. The smallest absolute Gasteiger partial charge is 0.274 e. The minimum absolute atomic E-state index is 0.0627. The predicted molar refractivity (Wildman–Crippen MR) is 84.4 cm³/mol. The number of nitrogens with one attached hydrogen (secondary N) is 1. The van der Waals surface area contributed by atoms with Gasteiger partial charge in [0, 0.05) is 42.8 Å². The Morgan fingerprint density at radius 1 is 1.38 bits per heavy atom. The molecule has 0 aliphatic carbocycles. The zero-order chi connectivity index (χ0) is 15.4. The van der Waals surface area contributed by atoms with Crippen LogP contribution in [0.25, 0.3) is 0 Å². The molecular formula is C16H25N3O2. The first-order valence-corrected chi connectivity index (χ1v) is 7.80. The van der Waals surface area contributed by atoms with Crippen LogP contribution in [0.5, 0.6) is 0 Å². The van der Waals surface area contributed by atoms with E-state index in [9.17, 15) is 10.1 Å². The summed E-state index contributed by atoms with van der Waals surface area (Å²) in [4.78, 5) is 13.4. The molecule has 5 heteroatoms. The average molecular weight is 291 g/mol. The van der Waals surface area contributed by atoms with E-state index in [0.29, 0.717) is 12.1 Å². The third-order valence-corrected chi connectivity index (χ3v) is 4.59. The lowest BCUT2D eigenvalue weighted by molar-refractivity contribution is -0.386. The van der Waals surface area contributed by atoms with E-state index < -0.39 is 0 Å². The Kier molecular flexibility index (Phi) is 5.31. The van der Waals surface area contributed by atoms with Gasteiger partial charge in [-0.15, -0.1) is 0 Å². The second kappa shape index (κ2) is 7.00. The summed E-state index contributed by atoms with van der Waals surface area (Å²) in [5, 5.41) is 14.8. The summed E-state index contributed by atoms with van der Waals surface area (Å²) in [6, 6.07) is 8.08. The standard InChI is InChI=1S/C16H25N3O2/c1-4-13-11-18(14(5-2)10-17-13)12(3)15-8-6-7-9-16(15)19(20)21/h6-9,12-14,17H,4-5,10-11H2,1-3H3. The van der Waals surface area contributed by atoms with Crippen molar-refractivity contribution in [1.29, 1.82) is 0 Å². The molecule has 1 aliphatic heterocycles. The van der Waals surface area contributed by atoms with E-state index in [1.54, 1.807) is 12.1 Å². The minimum atomic E-state index is -0.272. The van der Waals surface area contributed by atoms with Gasteiger partial charge in [-0.1, -0.05) is 32.0 Å². The monoisotopic (exact) mass is 291 g/mol. The highest BCUT2D eigenvalue weighted by atomic mass is 16.6. The summed E-state index contributed by atoms with van der Waals surface area (Å²) in [6.07, 6.45) is 2.13. The fourth-order valence-corrected chi connectivity index (χ4v) is 3.20. The van der Waals surface area contributed by atoms with Crippen molar-refractivity contribution in [3.8, 4) is 0 Å². The summed E-state index contributed by atoms with van der Waals surface area (Å²) in [5.41, 5.74) is 1.05. The number of nitrogens with zero attached hydrogens (tertiary/aromatic N) is 2. The Bertz CT molecular complexity index is 492. The van der Waals surface area contributed by atoms with Crippen molar-refractivity contribution in [2.24, 2.45) is 0 Å². The van der Waals surface area contributed by atoms with Crippen molar-refractivity contribution in [3.63, 3.8) is 0 Å². The van der Waals surface area contributed by atoms with E-state index in [-0.39, 0.29) is 16.7 Å². The van der Waals surface area contributed by atoms with E-state index in [1.165, 1.54) is 0 Å². The molecule has 0 spiro atoms. The van der Waals surface area contributed by atoms with E-state index in [1.807, 2.05) is 12.1 Å². The Morgan fingerprint density at radius 2 is 2.10 bits per heavy atom. The second-order valence-electron chi connectivity index (χ2n) is 5.76. The summed E-state index contributed by atoms with van der Waals surface area (Å²) < 4.78 is 0. The molecule has 3 atom stereocenters. The van der Waals surface area contributed by atoms with Crippen LogP contribution in [0.15, 0.2) is 24.3 Å². The molecule has 1 heterocycles. The molecule has 1 aliphatic rings. The van der Waals surface area contributed by atoms with Crippen LogP contribution in [0.2, 0.25) is 0 Å². The molecule has 2 rings (SSSR count).